The van der Waals surface area contributed by atoms with E-state index in [-0.39, 0.29) is 0 Å². The van der Waals surface area contributed by atoms with Crippen LogP contribution in [0.15, 0.2) is 18.2 Å². The predicted molar refractivity (Wildman–Crippen MR) is 72.8 cm³/mol. The summed E-state index contributed by atoms with van der Waals surface area (Å²) in [6.45, 7) is 3.30. The molecule has 2 aliphatic rings. The number of hydrogen-bond acceptors (Lipinski definition) is 2. The zero-order valence-corrected chi connectivity index (χ0v) is 11.3. The molecular formula is C15H19F3N2. The van der Waals surface area contributed by atoms with Crippen LogP contribution in [0.5, 0.6) is 0 Å². The normalized spacial score (nSPS) is 23.4. The van der Waals surface area contributed by atoms with Crippen molar-refractivity contribution in [1.29, 1.82) is 0 Å². The third-order valence-electron chi connectivity index (χ3n) is 4.23. The summed E-state index contributed by atoms with van der Waals surface area (Å²) >= 11 is 0. The highest BCUT2D eigenvalue weighted by atomic mass is 19.4. The molecule has 2 heterocycles. The Hall–Kier alpha value is -1.23. The van der Waals surface area contributed by atoms with Gasteiger partial charge in [-0.05, 0) is 62.5 Å². The van der Waals surface area contributed by atoms with Crippen molar-refractivity contribution in [1.82, 2.24) is 4.90 Å². The Bertz CT molecular complexity index is 478. The van der Waals surface area contributed by atoms with Crippen molar-refractivity contribution in [3.63, 3.8) is 0 Å². The van der Waals surface area contributed by atoms with Crippen molar-refractivity contribution in [2.24, 2.45) is 0 Å². The Morgan fingerprint density at radius 2 is 1.95 bits per heavy atom. The molecule has 1 saturated heterocycles. The SMILES string of the molecule is FC(F)(F)c1ccc2c(c1)CC[C@@H](CN1CCCC1)N2. The number of alkyl halides is 3. The maximum absolute atomic E-state index is 12.7. The Kier molecular flexibility index (Phi) is 3.63. The average Bonchev–Trinajstić information content (AvgIpc) is 2.90. The number of aryl methyl sites for hydroxylation is 1. The number of benzene rings is 1. The summed E-state index contributed by atoms with van der Waals surface area (Å²) < 4.78 is 38.0. The molecule has 5 heteroatoms. The van der Waals surface area contributed by atoms with E-state index >= 15 is 0 Å². The van der Waals surface area contributed by atoms with E-state index in [0.29, 0.717) is 6.04 Å². The van der Waals surface area contributed by atoms with E-state index in [1.165, 1.54) is 25.0 Å². The van der Waals surface area contributed by atoms with Gasteiger partial charge in [-0.2, -0.15) is 13.2 Å². The summed E-state index contributed by atoms with van der Waals surface area (Å²) in [4.78, 5) is 2.44. The number of nitrogens with zero attached hydrogens (tertiary/aromatic N) is 1. The van der Waals surface area contributed by atoms with Crippen LogP contribution in [0.25, 0.3) is 0 Å². The van der Waals surface area contributed by atoms with E-state index in [1.807, 2.05) is 0 Å². The van der Waals surface area contributed by atoms with E-state index in [4.69, 9.17) is 0 Å². The molecule has 20 heavy (non-hydrogen) atoms. The average molecular weight is 284 g/mol. The molecule has 0 aliphatic carbocycles. The molecule has 0 amide bonds. The van der Waals surface area contributed by atoms with Crippen molar-refractivity contribution in [2.45, 2.75) is 37.9 Å². The molecule has 1 atom stereocenters. The molecule has 1 aromatic carbocycles. The third-order valence-corrected chi connectivity index (χ3v) is 4.23. The van der Waals surface area contributed by atoms with Gasteiger partial charge in [0.2, 0.25) is 0 Å². The lowest BCUT2D eigenvalue weighted by Crippen LogP contribution is -2.37. The van der Waals surface area contributed by atoms with Crippen molar-refractivity contribution in [3.8, 4) is 0 Å². The summed E-state index contributed by atoms with van der Waals surface area (Å²) in [5, 5.41) is 3.39. The molecule has 110 valence electrons. The van der Waals surface area contributed by atoms with Gasteiger partial charge >= 0.3 is 6.18 Å². The van der Waals surface area contributed by atoms with E-state index < -0.39 is 11.7 Å². The summed E-state index contributed by atoms with van der Waals surface area (Å²) in [5.74, 6) is 0. The number of fused-ring (bicyclic) bond motifs is 1. The van der Waals surface area contributed by atoms with Crippen molar-refractivity contribution in [2.75, 3.05) is 25.0 Å². The Labute approximate surface area is 117 Å². The summed E-state index contributed by atoms with van der Waals surface area (Å²) in [5.41, 5.74) is 1.11. The van der Waals surface area contributed by atoms with Gasteiger partial charge in [-0.3, -0.25) is 0 Å². The lowest BCUT2D eigenvalue weighted by atomic mass is 9.96. The molecule has 2 aliphatic heterocycles. The summed E-state index contributed by atoms with van der Waals surface area (Å²) in [7, 11) is 0. The first-order valence-electron chi connectivity index (χ1n) is 7.21. The van der Waals surface area contributed by atoms with Gasteiger partial charge in [0.05, 0.1) is 5.56 Å². The molecule has 2 nitrogen and oxygen atoms in total. The minimum atomic E-state index is -4.25. The molecule has 0 unspecified atom stereocenters. The summed E-state index contributed by atoms with van der Waals surface area (Å²) in [6, 6.07) is 4.39. The minimum Gasteiger partial charge on any atom is -0.381 e. The lowest BCUT2D eigenvalue weighted by Gasteiger charge is -2.30. The van der Waals surface area contributed by atoms with E-state index in [0.717, 1.165) is 43.7 Å². The van der Waals surface area contributed by atoms with Gasteiger partial charge in [-0.25, -0.2) is 0 Å². The zero-order chi connectivity index (χ0) is 14.2. The van der Waals surface area contributed by atoms with Crippen LogP contribution < -0.4 is 5.32 Å². The fraction of sp³-hybridized carbons (Fsp3) is 0.600. The first kappa shape index (κ1) is 13.7. The first-order valence-corrected chi connectivity index (χ1v) is 7.21. The molecule has 1 fully saturated rings. The molecule has 0 spiro atoms. The molecular weight excluding hydrogens is 265 g/mol. The maximum atomic E-state index is 12.7. The Balaban J connectivity index is 1.69. The highest BCUT2D eigenvalue weighted by Crippen LogP contribution is 2.34. The van der Waals surface area contributed by atoms with Crippen LogP contribution in [-0.4, -0.2) is 30.6 Å². The van der Waals surface area contributed by atoms with E-state index in [9.17, 15) is 13.2 Å². The predicted octanol–water partition coefficient (Wildman–Crippen LogP) is 3.53. The number of nitrogens with one attached hydrogen (secondary N) is 1. The molecule has 1 N–H and O–H groups in total. The van der Waals surface area contributed by atoms with Crippen LogP contribution in [0.4, 0.5) is 18.9 Å². The minimum absolute atomic E-state index is 0.359. The highest BCUT2D eigenvalue weighted by molar-refractivity contribution is 5.55. The standard InChI is InChI=1S/C15H19F3N2/c16-15(17,18)12-4-6-14-11(9-12)3-5-13(19-14)10-20-7-1-2-8-20/h4,6,9,13,19H,1-3,5,7-8,10H2/t13-/m0/s1. The van der Waals surface area contributed by atoms with Gasteiger partial charge in [-0.1, -0.05) is 0 Å². The van der Waals surface area contributed by atoms with Crippen LogP contribution in [0.3, 0.4) is 0 Å². The number of likely N-dealkylation sites (tertiary alicyclic amines) is 1. The van der Waals surface area contributed by atoms with Crippen molar-refractivity contribution >= 4 is 5.69 Å². The Morgan fingerprint density at radius 3 is 2.65 bits per heavy atom. The van der Waals surface area contributed by atoms with Gasteiger partial charge in [0.1, 0.15) is 0 Å². The monoisotopic (exact) mass is 284 g/mol. The molecule has 0 bridgehead atoms. The third kappa shape index (κ3) is 2.92. The Morgan fingerprint density at radius 1 is 1.20 bits per heavy atom. The maximum Gasteiger partial charge on any atom is 0.416 e. The van der Waals surface area contributed by atoms with Crippen LogP contribution in [0.2, 0.25) is 0 Å². The van der Waals surface area contributed by atoms with Gasteiger partial charge in [0.15, 0.2) is 0 Å². The smallest absolute Gasteiger partial charge is 0.381 e. The zero-order valence-electron chi connectivity index (χ0n) is 11.3. The molecule has 0 radical (unpaired) electrons. The topological polar surface area (TPSA) is 15.3 Å². The van der Waals surface area contributed by atoms with Crippen LogP contribution in [0, 0.1) is 0 Å². The van der Waals surface area contributed by atoms with Crippen molar-refractivity contribution < 1.29 is 13.2 Å². The van der Waals surface area contributed by atoms with Crippen LogP contribution >= 0.6 is 0 Å². The largest absolute Gasteiger partial charge is 0.416 e. The second-order valence-electron chi connectivity index (χ2n) is 5.76. The molecule has 3 rings (SSSR count). The molecule has 0 saturated carbocycles. The van der Waals surface area contributed by atoms with Gasteiger partial charge in [-0.15, -0.1) is 0 Å². The number of halogens is 3. The van der Waals surface area contributed by atoms with Crippen LogP contribution in [-0.2, 0) is 12.6 Å². The van der Waals surface area contributed by atoms with Gasteiger partial charge in [0, 0.05) is 18.3 Å². The second-order valence-corrected chi connectivity index (χ2v) is 5.76. The number of rotatable bonds is 2. The fourth-order valence-corrected chi connectivity index (χ4v) is 3.15. The fourth-order valence-electron chi connectivity index (χ4n) is 3.15. The van der Waals surface area contributed by atoms with Gasteiger partial charge in [0.25, 0.3) is 0 Å². The van der Waals surface area contributed by atoms with E-state index in [2.05, 4.69) is 10.2 Å². The molecule has 1 aromatic rings. The van der Waals surface area contributed by atoms with Crippen molar-refractivity contribution in [3.05, 3.63) is 29.3 Å². The number of anilines is 1. The number of hydrogen-bond donors (Lipinski definition) is 1. The molecule has 0 aromatic heterocycles. The lowest BCUT2D eigenvalue weighted by molar-refractivity contribution is -0.137. The first-order chi connectivity index (χ1) is 9.52. The van der Waals surface area contributed by atoms with Gasteiger partial charge < -0.3 is 10.2 Å². The summed E-state index contributed by atoms with van der Waals surface area (Å²) in [6.07, 6.45) is -0.0898. The van der Waals surface area contributed by atoms with E-state index in [1.54, 1.807) is 6.07 Å². The van der Waals surface area contributed by atoms with Crippen LogP contribution in [0.1, 0.15) is 30.4 Å². The second kappa shape index (κ2) is 5.28. The highest BCUT2D eigenvalue weighted by Gasteiger charge is 2.32. The quantitative estimate of drug-likeness (QED) is 0.893.